The fraction of sp³-hybridized carbons (Fsp3) is 0.238. The van der Waals surface area contributed by atoms with E-state index in [0.717, 1.165) is 12.1 Å². The lowest BCUT2D eigenvalue weighted by Crippen LogP contribution is -2.45. The monoisotopic (exact) mass is 507 g/mol. The van der Waals surface area contributed by atoms with Crippen molar-refractivity contribution in [3.63, 3.8) is 0 Å². The number of carbonyl (C=O) groups is 2. The number of aryl methyl sites for hydroxylation is 1. The van der Waals surface area contributed by atoms with Gasteiger partial charge in [-0.25, -0.2) is 8.78 Å². The van der Waals surface area contributed by atoms with Crippen molar-refractivity contribution < 1.29 is 31.5 Å². The third-order valence-corrected chi connectivity index (χ3v) is 5.05. The van der Waals surface area contributed by atoms with E-state index in [1.54, 1.807) is 6.92 Å². The van der Waals surface area contributed by atoms with Gasteiger partial charge in [-0.05, 0) is 42.3 Å². The third kappa shape index (κ3) is 6.58. The molecule has 2 rings (SSSR count). The average molecular weight is 508 g/mol. The molecule has 0 heterocycles. The normalized spacial score (nSPS) is 12.2. The number of carbonyl (C=O) groups excluding carboxylic acids is 2. The van der Waals surface area contributed by atoms with Crippen LogP contribution in [0.5, 0.6) is 0 Å². The summed E-state index contributed by atoms with van der Waals surface area (Å²) < 4.78 is 66.2. The number of alkyl halides is 3. The molecule has 5 nitrogen and oxygen atoms in total. The smallest absolute Gasteiger partial charge is 0.330 e. The molecule has 1 amide bonds. The van der Waals surface area contributed by atoms with Crippen molar-refractivity contribution in [2.75, 3.05) is 6.54 Å². The molecule has 2 N–H and O–H groups in total. The summed E-state index contributed by atoms with van der Waals surface area (Å²) in [5.74, 6) is -6.71. The van der Waals surface area contributed by atoms with E-state index in [1.165, 1.54) is 12.1 Å². The highest BCUT2D eigenvalue weighted by Crippen LogP contribution is 2.28. The Morgan fingerprint density at radius 1 is 1.06 bits per heavy atom. The molecule has 0 saturated heterocycles. The summed E-state index contributed by atoms with van der Waals surface area (Å²) in [7, 11) is 0. The zero-order chi connectivity index (χ0) is 25.1. The highest BCUT2D eigenvalue weighted by atomic mass is 35.5. The van der Waals surface area contributed by atoms with Gasteiger partial charge in [0.05, 0.1) is 22.2 Å². The van der Waals surface area contributed by atoms with E-state index in [1.807, 2.05) is 0 Å². The van der Waals surface area contributed by atoms with Crippen LogP contribution in [0.1, 0.15) is 21.5 Å². The lowest BCUT2D eigenvalue weighted by molar-refractivity contribution is -0.133. The van der Waals surface area contributed by atoms with Gasteiger partial charge >= 0.3 is 6.18 Å². The molecule has 12 heteroatoms. The molecule has 33 heavy (non-hydrogen) atoms. The summed E-state index contributed by atoms with van der Waals surface area (Å²) in [6.45, 7) is 0.0859. The molecule has 0 aliphatic carbocycles. The van der Waals surface area contributed by atoms with Crippen LogP contribution in [0.4, 0.5) is 22.0 Å². The molecular weight excluding hydrogens is 492 g/mol. The van der Waals surface area contributed by atoms with Crippen molar-refractivity contribution in [2.24, 2.45) is 5.92 Å². The number of Topliss-reactive ketones (excluding diaryl/α,β-unsaturated/α-hetero) is 1. The van der Waals surface area contributed by atoms with Crippen molar-refractivity contribution in [1.82, 2.24) is 4.90 Å². The fourth-order valence-corrected chi connectivity index (χ4v) is 3.81. The molecule has 0 spiro atoms. The largest absolute Gasteiger partial charge is 0.429 e. The van der Waals surface area contributed by atoms with E-state index in [9.17, 15) is 31.5 Å². The van der Waals surface area contributed by atoms with Gasteiger partial charge in [0, 0.05) is 18.8 Å². The summed E-state index contributed by atoms with van der Waals surface area (Å²) in [5, 5.41) is 14.3. The summed E-state index contributed by atoms with van der Waals surface area (Å²) >= 11 is 12.1. The molecule has 0 bridgehead atoms. The van der Waals surface area contributed by atoms with Crippen molar-refractivity contribution >= 4 is 46.8 Å². The van der Waals surface area contributed by atoms with Crippen molar-refractivity contribution in [1.29, 1.82) is 10.8 Å². The number of benzene rings is 2. The van der Waals surface area contributed by atoms with Gasteiger partial charge in [0.2, 0.25) is 5.91 Å². The molecule has 176 valence electrons. The lowest BCUT2D eigenvalue weighted by Gasteiger charge is -2.26. The minimum Gasteiger partial charge on any atom is -0.330 e. The Hall–Kier alpha value is -2.85. The maximum atomic E-state index is 13.6. The number of amides is 1. The predicted octanol–water partition coefficient (Wildman–Crippen LogP) is 5.64. The number of nitrogens with zero attached hydrogens (tertiary/aromatic N) is 1. The van der Waals surface area contributed by atoms with Crippen molar-refractivity contribution in [3.8, 4) is 0 Å². The number of halogens is 7. The molecule has 0 saturated carbocycles. The molecule has 0 aliphatic heterocycles. The van der Waals surface area contributed by atoms with Gasteiger partial charge in [0.15, 0.2) is 5.78 Å². The molecule has 0 aliphatic rings. The highest BCUT2D eigenvalue weighted by Gasteiger charge is 2.43. The molecule has 1 unspecified atom stereocenters. The standard InChI is InChI=1S/C21H16Cl2F5N3O2/c1-10-2-15(22)18(16(23)3-10)17(32)9-31(8-11-4-12(24)6-13(25)5-11)20(33)14(7-29)19(30)21(26,27)28/h2-7,14,29-30H,8-9H2,1H3. The van der Waals surface area contributed by atoms with Crippen LogP contribution in [0.3, 0.4) is 0 Å². The van der Waals surface area contributed by atoms with E-state index >= 15 is 0 Å². The predicted molar refractivity (Wildman–Crippen MR) is 113 cm³/mol. The van der Waals surface area contributed by atoms with E-state index in [2.05, 4.69) is 0 Å². The van der Waals surface area contributed by atoms with E-state index in [-0.39, 0.29) is 27.4 Å². The zero-order valence-corrected chi connectivity index (χ0v) is 18.4. The zero-order valence-electron chi connectivity index (χ0n) is 16.9. The molecule has 2 aromatic rings. The van der Waals surface area contributed by atoms with Gasteiger partial charge in [-0.3, -0.25) is 15.0 Å². The SMILES string of the molecule is Cc1cc(Cl)c(C(=O)CN(Cc2cc(F)cc(F)c2)C(=O)C(C=N)C(=N)C(F)(F)F)c(Cl)c1. The third-order valence-electron chi connectivity index (χ3n) is 4.46. The number of rotatable bonds is 8. The minimum atomic E-state index is -5.22. The number of nitrogens with one attached hydrogen (secondary N) is 2. The Labute approximate surface area is 195 Å². The molecule has 0 radical (unpaired) electrons. The quantitative estimate of drug-likeness (QED) is 0.275. The fourth-order valence-electron chi connectivity index (χ4n) is 3.00. The van der Waals surface area contributed by atoms with Gasteiger partial charge in [-0.15, -0.1) is 0 Å². The lowest BCUT2D eigenvalue weighted by atomic mass is 10.0. The molecule has 0 fully saturated rings. The average Bonchev–Trinajstić information content (AvgIpc) is 2.65. The first-order valence-electron chi connectivity index (χ1n) is 9.13. The van der Waals surface area contributed by atoms with Crippen LogP contribution in [0.25, 0.3) is 0 Å². The maximum absolute atomic E-state index is 13.6. The van der Waals surface area contributed by atoms with Crippen molar-refractivity contribution in [2.45, 2.75) is 19.6 Å². The first-order valence-corrected chi connectivity index (χ1v) is 9.89. The van der Waals surface area contributed by atoms with E-state index in [0.29, 0.717) is 16.5 Å². The Bertz CT molecular complexity index is 1080. The number of hydrogen-bond donors (Lipinski definition) is 2. The second-order valence-corrected chi connectivity index (χ2v) is 7.87. The highest BCUT2D eigenvalue weighted by molar-refractivity contribution is 6.40. The first kappa shape index (κ1) is 26.4. The molecule has 0 aromatic heterocycles. The van der Waals surface area contributed by atoms with Crippen LogP contribution in [0.15, 0.2) is 30.3 Å². The summed E-state index contributed by atoms with van der Waals surface area (Å²) in [6.07, 6.45) is -5.12. The van der Waals surface area contributed by atoms with Crippen LogP contribution in [0, 0.1) is 35.3 Å². The van der Waals surface area contributed by atoms with Crippen LogP contribution in [-0.2, 0) is 11.3 Å². The topological polar surface area (TPSA) is 85.1 Å². The van der Waals surface area contributed by atoms with Crippen LogP contribution in [0.2, 0.25) is 10.0 Å². The van der Waals surface area contributed by atoms with Crippen LogP contribution >= 0.6 is 23.2 Å². The van der Waals surface area contributed by atoms with Crippen molar-refractivity contribution in [3.05, 3.63) is 68.7 Å². The summed E-state index contributed by atoms with van der Waals surface area (Å²) in [6, 6.07) is 5.03. The van der Waals surface area contributed by atoms with Gasteiger partial charge < -0.3 is 10.3 Å². The Morgan fingerprint density at radius 2 is 1.58 bits per heavy atom. The van der Waals surface area contributed by atoms with E-state index < -0.39 is 54.2 Å². The Morgan fingerprint density at radius 3 is 2.03 bits per heavy atom. The Balaban J connectivity index is 2.48. The van der Waals surface area contributed by atoms with Crippen LogP contribution in [-0.4, -0.2) is 41.2 Å². The minimum absolute atomic E-state index is 0.0687. The van der Waals surface area contributed by atoms with Gasteiger partial charge in [-0.2, -0.15) is 13.2 Å². The molecule has 2 aromatic carbocycles. The van der Waals surface area contributed by atoms with Gasteiger partial charge in [0.25, 0.3) is 0 Å². The Kier molecular flexibility index (Phi) is 8.31. The number of hydrogen-bond acceptors (Lipinski definition) is 4. The summed E-state index contributed by atoms with van der Waals surface area (Å²) in [4.78, 5) is 26.3. The van der Waals surface area contributed by atoms with Gasteiger partial charge in [-0.1, -0.05) is 23.2 Å². The second-order valence-electron chi connectivity index (χ2n) is 7.05. The van der Waals surface area contributed by atoms with Crippen LogP contribution < -0.4 is 0 Å². The second kappa shape index (κ2) is 10.4. The molecule has 1 atom stereocenters. The van der Waals surface area contributed by atoms with Gasteiger partial charge in [0.1, 0.15) is 23.3 Å². The number of ketones is 1. The summed E-state index contributed by atoms with van der Waals surface area (Å²) in [5.41, 5.74) is -1.79. The maximum Gasteiger partial charge on any atom is 0.429 e. The van der Waals surface area contributed by atoms with E-state index in [4.69, 9.17) is 34.0 Å². The first-order chi connectivity index (χ1) is 15.2. The molecular formula is C21H16Cl2F5N3O2.